The van der Waals surface area contributed by atoms with Crippen LogP contribution in [0.5, 0.6) is 0 Å². The summed E-state index contributed by atoms with van der Waals surface area (Å²) in [5.41, 5.74) is 1.11. The number of esters is 1. The van der Waals surface area contributed by atoms with Gasteiger partial charge in [0.25, 0.3) is 0 Å². The van der Waals surface area contributed by atoms with Gasteiger partial charge >= 0.3 is 5.97 Å². The monoisotopic (exact) mass is 303 g/mol. The van der Waals surface area contributed by atoms with Crippen LogP contribution in [0.4, 0.5) is 0 Å². The molecule has 1 heterocycles. The number of pyridine rings is 1. The fourth-order valence-corrected chi connectivity index (χ4v) is 1.54. The molecule has 0 saturated heterocycles. The molecule has 16 heavy (non-hydrogen) atoms. The summed E-state index contributed by atoms with van der Waals surface area (Å²) in [6, 6.07) is 1.66. The predicted octanol–water partition coefficient (Wildman–Crippen LogP) is 3.32. The van der Waals surface area contributed by atoms with Crippen molar-refractivity contribution >= 4 is 39.6 Å². The second kappa shape index (κ2) is 6.66. The fourth-order valence-electron chi connectivity index (χ4n) is 1.09. The van der Waals surface area contributed by atoms with Gasteiger partial charge in [0, 0.05) is 11.5 Å². The van der Waals surface area contributed by atoms with Crippen molar-refractivity contribution in [1.82, 2.24) is 4.98 Å². The summed E-state index contributed by atoms with van der Waals surface area (Å²) in [6.45, 7) is 0. The molecule has 1 aromatic rings. The lowest BCUT2D eigenvalue weighted by molar-refractivity contribution is 0.0600. The van der Waals surface area contributed by atoms with Crippen LogP contribution in [-0.2, 0) is 4.74 Å². The summed E-state index contributed by atoms with van der Waals surface area (Å²) in [4.78, 5) is 15.3. The molecule has 0 saturated carbocycles. The first-order chi connectivity index (χ1) is 7.69. The van der Waals surface area contributed by atoms with E-state index in [1.807, 2.05) is 12.2 Å². The minimum Gasteiger partial charge on any atom is -0.465 e. The van der Waals surface area contributed by atoms with Crippen molar-refractivity contribution in [1.29, 1.82) is 0 Å². The van der Waals surface area contributed by atoms with Gasteiger partial charge in [0.05, 0.1) is 12.7 Å². The van der Waals surface area contributed by atoms with Gasteiger partial charge in [-0.1, -0.05) is 39.7 Å². The number of nitrogens with zero attached hydrogens (tertiary/aromatic N) is 1. The van der Waals surface area contributed by atoms with Gasteiger partial charge in [-0.05, 0) is 18.1 Å². The van der Waals surface area contributed by atoms with E-state index < -0.39 is 5.97 Å². The highest BCUT2D eigenvalue weighted by Gasteiger charge is 2.11. The van der Waals surface area contributed by atoms with E-state index in [4.69, 9.17) is 11.6 Å². The molecule has 0 aliphatic carbocycles. The number of alkyl halides is 1. The third kappa shape index (κ3) is 3.61. The lowest BCUT2D eigenvalue weighted by Crippen LogP contribution is -2.03. The van der Waals surface area contributed by atoms with Crippen molar-refractivity contribution in [3.63, 3.8) is 0 Å². The quantitative estimate of drug-likeness (QED) is 0.486. The maximum Gasteiger partial charge on any atom is 0.341 e. The molecule has 0 spiro atoms. The second-order valence-corrected chi connectivity index (χ2v) is 4.13. The fraction of sp³-hybridized carbons (Fsp3) is 0.273. The summed E-state index contributed by atoms with van der Waals surface area (Å²) >= 11 is 9.11. The van der Waals surface area contributed by atoms with Gasteiger partial charge in [-0.25, -0.2) is 9.78 Å². The van der Waals surface area contributed by atoms with E-state index >= 15 is 0 Å². The van der Waals surface area contributed by atoms with Gasteiger partial charge in [-0.3, -0.25) is 0 Å². The van der Waals surface area contributed by atoms with Crippen molar-refractivity contribution in [2.45, 2.75) is 6.42 Å². The van der Waals surface area contributed by atoms with Gasteiger partial charge in [-0.2, -0.15) is 0 Å². The van der Waals surface area contributed by atoms with Crippen molar-refractivity contribution < 1.29 is 9.53 Å². The molecule has 0 atom stereocenters. The number of aromatic nitrogens is 1. The van der Waals surface area contributed by atoms with Crippen molar-refractivity contribution in [2.75, 3.05) is 12.4 Å². The van der Waals surface area contributed by atoms with E-state index in [9.17, 15) is 4.79 Å². The zero-order valence-corrected chi connectivity index (χ0v) is 11.1. The van der Waals surface area contributed by atoms with E-state index in [1.54, 1.807) is 12.3 Å². The Hall–Kier alpha value is -0.870. The number of halogens is 2. The van der Waals surface area contributed by atoms with E-state index in [2.05, 4.69) is 25.7 Å². The highest BCUT2D eigenvalue weighted by Crippen LogP contribution is 2.16. The smallest absolute Gasteiger partial charge is 0.341 e. The van der Waals surface area contributed by atoms with Crippen LogP contribution >= 0.6 is 27.5 Å². The Morgan fingerprint density at radius 3 is 3.06 bits per heavy atom. The highest BCUT2D eigenvalue weighted by atomic mass is 79.9. The maximum absolute atomic E-state index is 11.3. The minimum absolute atomic E-state index is 0.157. The molecule has 0 fully saturated rings. The molecule has 0 unspecified atom stereocenters. The molecule has 0 N–H and O–H groups in total. The number of ether oxygens (including phenoxy) is 1. The Bertz CT molecular complexity index is 407. The number of methoxy groups -OCH3 is 1. The van der Waals surface area contributed by atoms with E-state index in [0.29, 0.717) is 0 Å². The normalized spacial score (nSPS) is 10.7. The molecule has 86 valence electrons. The molecule has 5 heteroatoms. The average molecular weight is 305 g/mol. The SMILES string of the molecule is COC(=O)c1cc(C=CCCBr)cnc1Cl. The van der Waals surface area contributed by atoms with Gasteiger partial charge < -0.3 is 4.74 Å². The molecule has 1 aromatic heterocycles. The van der Waals surface area contributed by atoms with E-state index in [-0.39, 0.29) is 10.7 Å². The molecule has 0 amide bonds. The van der Waals surface area contributed by atoms with Crippen molar-refractivity contribution in [3.05, 3.63) is 34.6 Å². The average Bonchev–Trinajstić information content (AvgIpc) is 2.30. The van der Waals surface area contributed by atoms with E-state index in [0.717, 1.165) is 17.3 Å². The lowest BCUT2D eigenvalue weighted by Gasteiger charge is -2.02. The Balaban J connectivity index is 2.93. The molecule has 0 bridgehead atoms. The van der Waals surface area contributed by atoms with Gasteiger partial charge in [0.2, 0.25) is 0 Å². The van der Waals surface area contributed by atoms with Crippen LogP contribution < -0.4 is 0 Å². The summed E-state index contributed by atoms with van der Waals surface area (Å²) in [6.07, 6.45) is 6.40. The molecule has 3 nitrogen and oxygen atoms in total. The first kappa shape index (κ1) is 13.2. The molecule has 0 aromatic carbocycles. The molecule has 0 aliphatic heterocycles. The summed E-state index contributed by atoms with van der Waals surface area (Å²) in [5.74, 6) is -0.478. The third-order valence-corrected chi connectivity index (χ3v) is 2.61. The van der Waals surface area contributed by atoms with Gasteiger partial charge in [0.15, 0.2) is 0 Å². The Morgan fingerprint density at radius 1 is 1.69 bits per heavy atom. The van der Waals surface area contributed by atoms with Crippen LogP contribution in [0.15, 0.2) is 18.3 Å². The van der Waals surface area contributed by atoms with Crippen LogP contribution in [0.1, 0.15) is 22.3 Å². The number of rotatable bonds is 4. The number of hydrogen-bond acceptors (Lipinski definition) is 3. The molecular formula is C11H11BrClNO2. The van der Waals surface area contributed by atoms with Crippen LogP contribution in [0.2, 0.25) is 5.15 Å². The zero-order chi connectivity index (χ0) is 12.0. The summed E-state index contributed by atoms with van der Waals surface area (Å²) < 4.78 is 4.60. The predicted molar refractivity (Wildman–Crippen MR) is 68.0 cm³/mol. The first-order valence-corrected chi connectivity index (χ1v) is 6.15. The third-order valence-electron chi connectivity index (χ3n) is 1.85. The van der Waals surface area contributed by atoms with Crippen LogP contribution in [0.25, 0.3) is 6.08 Å². The number of hydrogen-bond donors (Lipinski definition) is 0. The second-order valence-electron chi connectivity index (χ2n) is 2.98. The minimum atomic E-state index is -0.478. The van der Waals surface area contributed by atoms with E-state index in [1.165, 1.54) is 7.11 Å². The van der Waals surface area contributed by atoms with Crippen molar-refractivity contribution in [2.24, 2.45) is 0 Å². The highest BCUT2D eigenvalue weighted by molar-refractivity contribution is 9.09. The summed E-state index contributed by atoms with van der Waals surface area (Å²) in [5, 5.41) is 1.05. The van der Waals surface area contributed by atoms with Gasteiger partial charge in [0.1, 0.15) is 5.15 Å². The maximum atomic E-state index is 11.3. The first-order valence-electron chi connectivity index (χ1n) is 4.65. The van der Waals surface area contributed by atoms with Crippen LogP contribution in [0.3, 0.4) is 0 Å². The molecule has 0 aliphatic rings. The topological polar surface area (TPSA) is 39.2 Å². The van der Waals surface area contributed by atoms with Crippen LogP contribution in [0, 0.1) is 0 Å². The standard InChI is InChI=1S/C11H11BrClNO2/c1-16-11(15)9-6-8(4-2-3-5-12)7-14-10(9)13/h2,4,6-7H,3,5H2,1H3. The largest absolute Gasteiger partial charge is 0.465 e. The lowest BCUT2D eigenvalue weighted by atomic mass is 10.2. The summed E-state index contributed by atoms with van der Waals surface area (Å²) in [7, 11) is 1.31. The number of carbonyl (C=O) groups is 1. The number of allylic oxidation sites excluding steroid dienone is 1. The Labute approximate surface area is 108 Å². The van der Waals surface area contributed by atoms with Crippen LogP contribution in [-0.4, -0.2) is 23.4 Å². The molecular weight excluding hydrogens is 293 g/mol. The molecule has 1 rings (SSSR count). The molecule has 0 radical (unpaired) electrons. The van der Waals surface area contributed by atoms with Gasteiger partial charge in [-0.15, -0.1) is 0 Å². The Morgan fingerprint density at radius 2 is 2.44 bits per heavy atom. The zero-order valence-electron chi connectivity index (χ0n) is 8.74. The van der Waals surface area contributed by atoms with Crippen molar-refractivity contribution in [3.8, 4) is 0 Å². The number of carbonyl (C=O) groups excluding carboxylic acids is 1. The Kier molecular flexibility index (Phi) is 5.49.